The number of rotatable bonds is 41. The van der Waals surface area contributed by atoms with Crippen molar-refractivity contribution in [2.24, 2.45) is 5.73 Å². The van der Waals surface area contributed by atoms with Crippen LogP contribution in [0.25, 0.3) is 0 Å². The number of aliphatic hydroxyl groups is 10. The van der Waals surface area contributed by atoms with Gasteiger partial charge in [0.1, 0.15) is 67.1 Å². The molecule has 0 spiro atoms. The zero-order valence-electron chi connectivity index (χ0n) is 44.5. The fraction of sp³-hybridized carbons (Fsp3) is 0.944. The molecule has 19 heteroatoms. The molecule has 0 aliphatic carbocycles. The third-order valence-corrected chi connectivity index (χ3v) is 14.7. The summed E-state index contributed by atoms with van der Waals surface area (Å²) in [5.41, 5.74) is 6.01. The molecule has 3 heterocycles. The Kier molecular flexibility index (Phi) is 35.1. The quantitative estimate of drug-likeness (QED) is 0.0306. The normalized spacial score (nSPS) is 31.8. The molecule has 3 aliphatic rings. The number of allylic oxidation sites excluding steroid dienone is 1. The van der Waals surface area contributed by atoms with Crippen molar-refractivity contribution in [3.8, 4) is 0 Å². The summed E-state index contributed by atoms with van der Waals surface area (Å²) >= 11 is 0. The van der Waals surface area contributed by atoms with Gasteiger partial charge >= 0.3 is 0 Å². The van der Waals surface area contributed by atoms with Crippen LogP contribution in [0.15, 0.2) is 12.2 Å². The maximum Gasteiger partial charge on any atom is 0.220 e. The number of unbranched alkanes of at least 4 members (excludes halogenated alkanes) is 25. The summed E-state index contributed by atoms with van der Waals surface area (Å²) in [7, 11) is 0. The molecule has 0 radical (unpaired) electrons. The van der Waals surface area contributed by atoms with E-state index in [1.165, 1.54) is 122 Å². The first-order chi connectivity index (χ1) is 35.3. The number of carbonyl (C=O) groups is 1. The van der Waals surface area contributed by atoms with Gasteiger partial charge in [0.15, 0.2) is 18.9 Å². The maximum atomic E-state index is 13.3. The molecule has 0 unspecified atom stereocenters. The van der Waals surface area contributed by atoms with Crippen molar-refractivity contribution < 1.29 is 84.3 Å². The lowest BCUT2D eigenvalue weighted by atomic mass is 9.95. The Morgan fingerprint density at radius 2 is 0.959 bits per heavy atom. The van der Waals surface area contributed by atoms with Crippen LogP contribution in [0, 0.1) is 0 Å². The molecular weight excluding hydrogens is 949 g/mol. The third kappa shape index (κ3) is 24.0. The standard InChI is InChI=1S/C54H102N2O17/c1-3-5-7-9-11-13-15-17-18-20-22-24-26-28-30-32-42(61)56-37(38(60)31-29-27-25-23-21-19-16-14-12-10-8-6-4-2)36-68-53-48(66)47(65)50(41(35-59)71-53)72-54-49(67)51(45(63)40(34-58)70-54)73-52-43(55)46(64)44(62)39(33-57)69-52/h29,31,37-41,43-54,57-60,62-67H,3-28,30,32-36,55H2,1-2H3,(H,56,61)/b31-29+/t37-,38+,39+,40+,41+,43+,44+,45-,46+,47+,48+,49+,50+,51-,52-,53+,54-/m0/s1. The minimum absolute atomic E-state index is 0.251. The number of hydrogen-bond acceptors (Lipinski definition) is 18. The van der Waals surface area contributed by atoms with E-state index in [1.807, 2.05) is 6.08 Å². The minimum Gasteiger partial charge on any atom is -0.394 e. The molecule has 0 bridgehead atoms. The van der Waals surface area contributed by atoms with Crippen LogP contribution in [0.1, 0.15) is 194 Å². The number of hydrogen-bond donors (Lipinski definition) is 12. The molecule has 17 atom stereocenters. The molecule has 19 nitrogen and oxygen atoms in total. The van der Waals surface area contributed by atoms with Gasteiger partial charge in [0, 0.05) is 6.42 Å². The average molecular weight is 1050 g/mol. The van der Waals surface area contributed by atoms with E-state index in [1.54, 1.807) is 6.08 Å². The van der Waals surface area contributed by atoms with E-state index < -0.39 is 124 Å². The second-order valence-electron chi connectivity index (χ2n) is 20.8. The van der Waals surface area contributed by atoms with Gasteiger partial charge in [0.2, 0.25) is 5.91 Å². The summed E-state index contributed by atoms with van der Waals surface area (Å²) in [6, 6.07) is -2.37. The van der Waals surface area contributed by atoms with Crippen LogP contribution in [0.5, 0.6) is 0 Å². The molecule has 3 fully saturated rings. The number of aliphatic hydroxyl groups excluding tert-OH is 10. The summed E-state index contributed by atoms with van der Waals surface area (Å²) in [6.07, 6.45) is 11.8. The molecule has 1 amide bonds. The second-order valence-corrected chi connectivity index (χ2v) is 20.8. The molecule has 0 aromatic carbocycles. The van der Waals surface area contributed by atoms with E-state index in [4.69, 9.17) is 34.2 Å². The smallest absolute Gasteiger partial charge is 0.220 e. The Labute approximate surface area is 436 Å². The SMILES string of the molecule is CCCCCCCCCCCCC/C=C/[C@@H](O)[C@H](CO[C@@H]1O[C@H](CO)[C@@H](O[C@@H]2O[C@H](CO)[C@H](O)[C@H](O[C@@H]3O[C@H](CO)[C@@H](O)[C@H](O)[C@H]3N)[C@H]2O)[C@H](O)[C@H]1O)NC(=O)CCCCCCCCCCCCCCCCC. The number of amides is 1. The monoisotopic (exact) mass is 1050 g/mol. The predicted molar refractivity (Wildman–Crippen MR) is 275 cm³/mol. The number of nitrogens with one attached hydrogen (secondary N) is 1. The Hall–Kier alpha value is -1.47. The lowest BCUT2D eigenvalue weighted by Gasteiger charge is -2.48. The molecule has 0 saturated carbocycles. The van der Waals surface area contributed by atoms with Crippen molar-refractivity contribution in [3.63, 3.8) is 0 Å². The van der Waals surface area contributed by atoms with Gasteiger partial charge in [0.05, 0.1) is 44.6 Å². The Bertz CT molecular complexity index is 1400. The highest BCUT2D eigenvalue weighted by Crippen LogP contribution is 2.33. The fourth-order valence-corrected chi connectivity index (χ4v) is 9.88. The molecule has 0 aromatic heterocycles. The van der Waals surface area contributed by atoms with Crippen molar-refractivity contribution in [1.29, 1.82) is 0 Å². The van der Waals surface area contributed by atoms with Crippen LogP contribution in [0.2, 0.25) is 0 Å². The molecular formula is C54H102N2O17. The average Bonchev–Trinajstić information content (AvgIpc) is 3.38. The van der Waals surface area contributed by atoms with Gasteiger partial charge in [-0.15, -0.1) is 0 Å². The van der Waals surface area contributed by atoms with Gasteiger partial charge in [-0.05, 0) is 19.3 Å². The summed E-state index contributed by atoms with van der Waals surface area (Å²) < 4.78 is 34.6. The molecule has 3 aliphatic heterocycles. The first kappa shape index (κ1) is 65.8. The number of ether oxygens (including phenoxy) is 6. The molecule has 3 saturated heterocycles. The van der Waals surface area contributed by atoms with Crippen molar-refractivity contribution in [2.75, 3.05) is 26.4 Å². The van der Waals surface area contributed by atoms with Crippen molar-refractivity contribution >= 4 is 5.91 Å². The van der Waals surface area contributed by atoms with Crippen molar-refractivity contribution in [3.05, 3.63) is 12.2 Å². The van der Waals surface area contributed by atoms with Crippen molar-refractivity contribution in [1.82, 2.24) is 5.32 Å². The first-order valence-corrected chi connectivity index (χ1v) is 28.5. The lowest BCUT2D eigenvalue weighted by molar-refractivity contribution is -0.374. The minimum atomic E-state index is -1.91. The Balaban J connectivity index is 1.56. The summed E-state index contributed by atoms with van der Waals surface area (Å²) in [5, 5.41) is 110. The van der Waals surface area contributed by atoms with Crippen molar-refractivity contribution in [2.45, 2.75) is 298 Å². The first-order valence-electron chi connectivity index (χ1n) is 28.5. The third-order valence-electron chi connectivity index (χ3n) is 14.7. The summed E-state index contributed by atoms with van der Waals surface area (Å²) in [4.78, 5) is 13.3. The van der Waals surface area contributed by atoms with Crippen LogP contribution in [0.3, 0.4) is 0 Å². The van der Waals surface area contributed by atoms with E-state index in [-0.39, 0.29) is 18.9 Å². The maximum absolute atomic E-state index is 13.3. The van der Waals surface area contributed by atoms with Crippen LogP contribution in [-0.4, -0.2) is 188 Å². The van der Waals surface area contributed by atoms with Gasteiger partial charge in [-0.3, -0.25) is 4.79 Å². The molecule has 430 valence electrons. The lowest BCUT2D eigenvalue weighted by Crippen LogP contribution is -2.67. The van der Waals surface area contributed by atoms with Crippen LogP contribution < -0.4 is 11.1 Å². The van der Waals surface area contributed by atoms with Gasteiger partial charge in [-0.25, -0.2) is 0 Å². The van der Waals surface area contributed by atoms with Gasteiger partial charge < -0.3 is 90.5 Å². The van der Waals surface area contributed by atoms with E-state index in [2.05, 4.69) is 19.2 Å². The van der Waals surface area contributed by atoms with E-state index in [9.17, 15) is 55.9 Å². The summed E-state index contributed by atoms with van der Waals surface area (Å²) in [5.74, 6) is -0.272. The van der Waals surface area contributed by atoms with Gasteiger partial charge in [0.25, 0.3) is 0 Å². The van der Waals surface area contributed by atoms with E-state index in [0.717, 1.165) is 44.9 Å². The molecule has 0 aromatic rings. The summed E-state index contributed by atoms with van der Waals surface area (Å²) in [6.45, 7) is 1.80. The van der Waals surface area contributed by atoms with Crippen LogP contribution in [-0.2, 0) is 33.2 Å². The number of carbonyl (C=O) groups excluding carboxylic acids is 1. The Morgan fingerprint density at radius 1 is 0.521 bits per heavy atom. The zero-order chi connectivity index (χ0) is 53.4. The second kappa shape index (κ2) is 39.0. The van der Waals surface area contributed by atoms with E-state index >= 15 is 0 Å². The predicted octanol–water partition coefficient (Wildman–Crippen LogP) is 3.78. The fourth-order valence-electron chi connectivity index (χ4n) is 9.88. The topological polar surface area (TPSA) is 313 Å². The molecule has 73 heavy (non-hydrogen) atoms. The zero-order valence-corrected chi connectivity index (χ0v) is 44.5. The highest BCUT2D eigenvalue weighted by molar-refractivity contribution is 5.76. The van der Waals surface area contributed by atoms with Crippen LogP contribution in [0.4, 0.5) is 0 Å². The van der Waals surface area contributed by atoms with Gasteiger partial charge in [-0.2, -0.15) is 0 Å². The number of nitrogens with two attached hydrogens (primary N) is 1. The Morgan fingerprint density at radius 3 is 1.47 bits per heavy atom. The van der Waals surface area contributed by atoms with Gasteiger partial charge in [-0.1, -0.05) is 180 Å². The molecule has 13 N–H and O–H groups in total. The highest BCUT2D eigenvalue weighted by Gasteiger charge is 2.53. The highest BCUT2D eigenvalue weighted by atomic mass is 16.8. The van der Waals surface area contributed by atoms with E-state index in [0.29, 0.717) is 6.42 Å². The largest absolute Gasteiger partial charge is 0.394 e. The van der Waals surface area contributed by atoms with Crippen LogP contribution >= 0.6 is 0 Å². The molecule has 3 rings (SSSR count).